The van der Waals surface area contributed by atoms with Crippen molar-refractivity contribution < 1.29 is 14.3 Å². The summed E-state index contributed by atoms with van der Waals surface area (Å²) in [5.41, 5.74) is 5.21. The lowest BCUT2D eigenvalue weighted by Gasteiger charge is -2.25. The van der Waals surface area contributed by atoms with Crippen molar-refractivity contribution in [1.82, 2.24) is 25.1 Å². The number of hydrogen-bond acceptors (Lipinski definition) is 6. The Labute approximate surface area is 213 Å². The molecule has 0 radical (unpaired) electrons. The molecule has 1 saturated heterocycles. The second kappa shape index (κ2) is 9.83. The van der Waals surface area contributed by atoms with Crippen molar-refractivity contribution in [2.45, 2.75) is 19.5 Å². The Hall–Kier alpha value is -4.56. The predicted molar refractivity (Wildman–Crippen MR) is 139 cm³/mol. The van der Waals surface area contributed by atoms with Crippen LogP contribution in [0.3, 0.4) is 0 Å². The molecule has 5 aromatic rings. The largest absolute Gasteiger partial charge is 0.456 e. The highest BCUT2D eigenvalue weighted by atomic mass is 16.5. The quantitative estimate of drug-likeness (QED) is 0.341. The van der Waals surface area contributed by atoms with Crippen molar-refractivity contribution in [2.24, 2.45) is 0 Å². The molecule has 1 fully saturated rings. The van der Waals surface area contributed by atoms with Crippen molar-refractivity contribution in [2.75, 3.05) is 13.2 Å². The number of ether oxygens (including phenoxy) is 2. The molecule has 1 aliphatic rings. The van der Waals surface area contributed by atoms with Crippen LogP contribution in [0.2, 0.25) is 0 Å². The van der Waals surface area contributed by atoms with E-state index in [2.05, 4.69) is 20.4 Å². The van der Waals surface area contributed by atoms with Gasteiger partial charge >= 0.3 is 0 Å². The first-order valence-corrected chi connectivity index (χ1v) is 12.1. The number of benzene rings is 2. The number of amides is 1. The fraction of sp³-hybridized carbons (Fsp3) is 0.172. The van der Waals surface area contributed by atoms with Crippen LogP contribution in [-0.2, 0) is 11.3 Å². The zero-order valence-electron chi connectivity index (χ0n) is 20.3. The Balaban J connectivity index is 1.23. The highest BCUT2D eigenvalue weighted by molar-refractivity contribution is 5.96. The summed E-state index contributed by atoms with van der Waals surface area (Å²) in [6.45, 7) is 3.72. The van der Waals surface area contributed by atoms with Gasteiger partial charge in [0.05, 0.1) is 31.0 Å². The van der Waals surface area contributed by atoms with Gasteiger partial charge in [0.1, 0.15) is 11.5 Å². The number of nitrogens with one attached hydrogen (secondary N) is 1. The molecule has 0 unspecified atom stereocenters. The number of carbonyl (C=O) groups excluding carboxylic acids is 1. The van der Waals surface area contributed by atoms with Gasteiger partial charge in [0, 0.05) is 53.4 Å². The molecule has 0 spiro atoms. The molecule has 8 heteroatoms. The van der Waals surface area contributed by atoms with Crippen molar-refractivity contribution in [3.63, 3.8) is 0 Å². The number of pyridine rings is 2. The third kappa shape index (κ3) is 4.66. The SMILES string of the molecule is Cc1c(Oc2ccnc3cc(-c4cnn(C5COC5)c4)ccc23)cccc1C(=O)NCc1ccncc1. The van der Waals surface area contributed by atoms with Crippen molar-refractivity contribution in [3.8, 4) is 22.6 Å². The van der Waals surface area contributed by atoms with E-state index in [0.29, 0.717) is 42.9 Å². The molecule has 2 aromatic carbocycles. The van der Waals surface area contributed by atoms with Crippen LogP contribution in [0.4, 0.5) is 0 Å². The van der Waals surface area contributed by atoms with Crippen molar-refractivity contribution >= 4 is 16.8 Å². The third-order valence-electron chi connectivity index (χ3n) is 6.58. The molecule has 0 aliphatic carbocycles. The van der Waals surface area contributed by atoms with Gasteiger partial charge in [-0.25, -0.2) is 0 Å². The van der Waals surface area contributed by atoms with Gasteiger partial charge in [-0.05, 0) is 60.5 Å². The highest BCUT2D eigenvalue weighted by Gasteiger charge is 2.21. The number of rotatable bonds is 7. The third-order valence-corrected chi connectivity index (χ3v) is 6.58. The Morgan fingerprint density at radius 3 is 2.73 bits per heavy atom. The smallest absolute Gasteiger partial charge is 0.251 e. The van der Waals surface area contributed by atoms with E-state index in [0.717, 1.165) is 33.2 Å². The van der Waals surface area contributed by atoms with Crippen molar-refractivity contribution in [3.05, 3.63) is 102 Å². The maximum Gasteiger partial charge on any atom is 0.251 e. The standard InChI is InChI=1S/C29H25N5O3/c1-19-24(29(35)32-14-20-7-10-30-11-8-20)3-2-4-27(19)37-28-9-12-31-26-13-21(5-6-25(26)28)22-15-33-34(16-22)23-17-36-18-23/h2-13,15-16,23H,14,17-18H2,1H3,(H,32,35). The van der Waals surface area contributed by atoms with Crippen LogP contribution in [0.1, 0.15) is 27.5 Å². The van der Waals surface area contributed by atoms with Gasteiger partial charge in [0.2, 0.25) is 0 Å². The van der Waals surface area contributed by atoms with Gasteiger partial charge in [-0.2, -0.15) is 5.10 Å². The van der Waals surface area contributed by atoms with Crippen LogP contribution in [0.25, 0.3) is 22.0 Å². The van der Waals surface area contributed by atoms with E-state index >= 15 is 0 Å². The summed E-state index contributed by atoms with van der Waals surface area (Å²) < 4.78 is 13.6. The Morgan fingerprint density at radius 1 is 1.05 bits per heavy atom. The first kappa shape index (κ1) is 22.9. The van der Waals surface area contributed by atoms with E-state index in [9.17, 15) is 4.79 Å². The van der Waals surface area contributed by atoms with Crippen molar-refractivity contribution in [1.29, 1.82) is 0 Å². The number of carbonyl (C=O) groups is 1. The van der Waals surface area contributed by atoms with E-state index in [1.165, 1.54) is 0 Å². The van der Waals surface area contributed by atoms with E-state index in [4.69, 9.17) is 9.47 Å². The summed E-state index contributed by atoms with van der Waals surface area (Å²) in [6.07, 6.45) is 9.07. The van der Waals surface area contributed by atoms with Crippen LogP contribution in [0.5, 0.6) is 11.5 Å². The molecule has 1 aliphatic heterocycles. The minimum absolute atomic E-state index is 0.155. The summed E-state index contributed by atoms with van der Waals surface area (Å²) in [7, 11) is 0. The number of hydrogen-bond donors (Lipinski definition) is 1. The highest BCUT2D eigenvalue weighted by Crippen LogP contribution is 2.34. The van der Waals surface area contributed by atoms with Crippen LogP contribution in [-0.4, -0.2) is 38.9 Å². The van der Waals surface area contributed by atoms with E-state index in [-0.39, 0.29) is 5.91 Å². The summed E-state index contributed by atoms with van der Waals surface area (Å²) in [5.74, 6) is 1.14. The molecule has 0 atom stereocenters. The van der Waals surface area contributed by atoms with Gasteiger partial charge < -0.3 is 14.8 Å². The van der Waals surface area contributed by atoms with Gasteiger partial charge in [0.15, 0.2) is 0 Å². The van der Waals surface area contributed by atoms with Crippen LogP contribution in [0.15, 0.2) is 85.6 Å². The van der Waals surface area contributed by atoms with E-state index in [1.54, 1.807) is 24.7 Å². The molecule has 1 N–H and O–H groups in total. The lowest BCUT2D eigenvalue weighted by atomic mass is 10.1. The topological polar surface area (TPSA) is 91.2 Å². The maximum atomic E-state index is 12.9. The number of fused-ring (bicyclic) bond motifs is 1. The first-order chi connectivity index (χ1) is 18.2. The molecule has 3 aromatic heterocycles. The second-order valence-electron chi connectivity index (χ2n) is 9.01. The molecule has 6 rings (SSSR count). The Kier molecular flexibility index (Phi) is 6.08. The Bertz CT molecular complexity index is 1580. The van der Waals surface area contributed by atoms with Gasteiger partial charge in [-0.1, -0.05) is 12.1 Å². The summed E-state index contributed by atoms with van der Waals surface area (Å²) in [6, 6.07) is 17.5. The number of nitrogens with zero attached hydrogens (tertiary/aromatic N) is 4. The zero-order valence-corrected chi connectivity index (χ0v) is 20.3. The van der Waals surface area contributed by atoms with Crippen LogP contribution < -0.4 is 10.1 Å². The summed E-state index contributed by atoms with van der Waals surface area (Å²) in [5, 5.41) is 8.34. The first-order valence-electron chi connectivity index (χ1n) is 12.1. The zero-order chi connectivity index (χ0) is 25.2. The van der Waals surface area contributed by atoms with Gasteiger partial charge in [0.25, 0.3) is 5.91 Å². The molecular weight excluding hydrogens is 466 g/mol. The molecule has 8 nitrogen and oxygen atoms in total. The summed E-state index contributed by atoms with van der Waals surface area (Å²) in [4.78, 5) is 21.5. The lowest BCUT2D eigenvalue weighted by Crippen LogP contribution is -2.30. The molecule has 37 heavy (non-hydrogen) atoms. The molecule has 4 heterocycles. The second-order valence-corrected chi connectivity index (χ2v) is 9.01. The molecular formula is C29H25N5O3. The lowest BCUT2D eigenvalue weighted by molar-refractivity contribution is -0.0286. The molecule has 0 bridgehead atoms. The van der Waals surface area contributed by atoms with Crippen LogP contribution >= 0.6 is 0 Å². The average Bonchev–Trinajstić information content (AvgIpc) is 3.37. The minimum Gasteiger partial charge on any atom is -0.456 e. The van der Waals surface area contributed by atoms with E-state index in [1.807, 2.05) is 72.5 Å². The fourth-order valence-electron chi connectivity index (χ4n) is 4.32. The van der Waals surface area contributed by atoms with E-state index < -0.39 is 0 Å². The molecule has 1 amide bonds. The fourth-order valence-corrected chi connectivity index (χ4v) is 4.32. The monoisotopic (exact) mass is 491 g/mol. The normalized spacial score (nSPS) is 13.3. The Morgan fingerprint density at radius 2 is 1.92 bits per heavy atom. The van der Waals surface area contributed by atoms with Gasteiger partial charge in [-0.3, -0.25) is 19.4 Å². The number of aromatic nitrogens is 4. The minimum atomic E-state index is -0.155. The van der Waals surface area contributed by atoms with Crippen LogP contribution in [0, 0.1) is 6.92 Å². The molecule has 184 valence electrons. The molecule has 0 saturated carbocycles. The maximum absolute atomic E-state index is 12.9. The summed E-state index contributed by atoms with van der Waals surface area (Å²) >= 11 is 0. The average molecular weight is 492 g/mol. The van der Waals surface area contributed by atoms with Gasteiger partial charge in [-0.15, -0.1) is 0 Å². The predicted octanol–water partition coefficient (Wildman–Crippen LogP) is 5.10.